The lowest BCUT2D eigenvalue weighted by Crippen LogP contribution is -2.28. The van der Waals surface area contributed by atoms with E-state index in [1.54, 1.807) is 24.3 Å². The van der Waals surface area contributed by atoms with Crippen LogP contribution in [0, 0.1) is 0 Å². The van der Waals surface area contributed by atoms with Crippen LogP contribution in [-0.4, -0.2) is 32.0 Å². The quantitative estimate of drug-likeness (QED) is 0.800. The first kappa shape index (κ1) is 18.0. The second kappa shape index (κ2) is 7.47. The molecule has 0 spiro atoms. The van der Waals surface area contributed by atoms with Crippen LogP contribution in [0.2, 0.25) is 0 Å². The molecule has 0 fully saturated rings. The Labute approximate surface area is 133 Å². The van der Waals surface area contributed by atoms with Crippen LogP contribution in [0.4, 0.5) is 27.6 Å². The second-order valence-corrected chi connectivity index (χ2v) is 4.75. The van der Waals surface area contributed by atoms with Crippen molar-refractivity contribution in [2.45, 2.75) is 19.3 Å². The highest BCUT2D eigenvalue weighted by Crippen LogP contribution is 2.32. The second-order valence-electron chi connectivity index (χ2n) is 4.75. The van der Waals surface area contributed by atoms with Crippen molar-refractivity contribution in [2.75, 3.05) is 18.2 Å². The minimum atomic E-state index is -4.54. The van der Waals surface area contributed by atoms with Crippen molar-refractivity contribution in [2.24, 2.45) is 0 Å². The molecule has 1 aromatic rings. The lowest BCUT2D eigenvalue weighted by Gasteiger charge is -2.14. The van der Waals surface area contributed by atoms with Crippen LogP contribution in [0.3, 0.4) is 0 Å². The Bertz CT molecular complexity index is 601. The summed E-state index contributed by atoms with van der Waals surface area (Å²) < 4.78 is 69.4. The molecule has 132 valence electrons. The van der Waals surface area contributed by atoms with E-state index in [1.807, 2.05) is 0 Å². The number of amides is 1. The maximum atomic E-state index is 12.5. The molecular formula is C14H13F5N2O3. The van der Waals surface area contributed by atoms with Gasteiger partial charge in [0.1, 0.15) is 6.61 Å². The smallest absolute Gasteiger partial charge is 0.450 e. The summed E-state index contributed by atoms with van der Waals surface area (Å²) in [5, 5.41) is 2.37. The molecule has 2 rings (SSSR count). The number of benzene rings is 1. The highest BCUT2D eigenvalue weighted by molar-refractivity contribution is 5.77. The number of allylic oxidation sites excluding steroid dienone is 1. The molecule has 1 aliphatic heterocycles. The third kappa shape index (κ3) is 5.08. The largest absolute Gasteiger partial charge is 0.466 e. The summed E-state index contributed by atoms with van der Waals surface area (Å²) in [6.07, 6.45) is -3.68. The van der Waals surface area contributed by atoms with E-state index in [0.717, 1.165) is 6.20 Å². The maximum absolute atomic E-state index is 12.5. The van der Waals surface area contributed by atoms with Gasteiger partial charge in [-0.05, 0) is 17.7 Å². The SMILES string of the molecule is O=C(COC(F)F)NCc1ccc(N2C=C(C(F)(F)F)OC2)cc1. The number of nitrogens with one attached hydrogen (secondary N) is 1. The predicted molar refractivity (Wildman–Crippen MR) is 72.8 cm³/mol. The van der Waals surface area contributed by atoms with Gasteiger partial charge in [0, 0.05) is 12.2 Å². The van der Waals surface area contributed by atoms with Crippen molar-refractivity contribution in [3.63, 3.8) is 0 Å². The molecule has 0 saturated heterocycles. The average molecular weight is 352 g/mol. The van der Waals surface area contributed by atoms with Crippen molar-refractivity contribution in [1.82, 2.24) is 5.32 Å². The number of rotatable bonds is 6. The molecular weight excluding hydrogens is 339 g/mol. The van der Waals surface area contributed by atoms with Gasteiger partial charge in [0.25, 0.3) is 0 Å². The summed E-state index contributed by atoms with van der Waals surface area (Å²) in [7, 11) is 0. The normalized spacial score (nSPS) is 14.6. The fourth-order valence-corrected chi connectivity index (χ4v) is 1.85. The van der Waals surface area contributed by atoms with Crippen molar-refractivity contribution in [1.29, 1.82) is 0 Å². The van der Waals surface area contributed by atoms with Gasteiger partial charge in [0.2, 0.25) is 11.7 Å². The first-order valence-electron chi connectivity index (χ1n) is 6.69. The van der Waals surface area contributed by atoms with E-state index in [-0.39, 0.29) is 13.3 Å². The van der Waals surface area contributed by atoms with E-state index in [4.69, 9.17) is 0 Å². The highest BCUT2D eigenvalue weighted by atomic mass is 19.4. The fourth-order valence-electron chi connectivity index (χ4n) is 1.85. The Hall–Kier alpha value is -2.36. The zero-order valence-electron chi connectivity index (χ0n) is 12.1. The molecule has 1 aliphatic rings. The molecule has 5 nitrogen and oxygen atoms in total. The first-order chi connectivity index (χ1) is 11.3. The number of nitrogens with zero attached hydrogens (tertiary/aromatic N) is 1. The molecule has 0 bridgehead atoms. The molecule has 0 aromatic heterocycles. The number of anilines is 1. The van der Waals surface area contributed by atoms with Crippen LogP contribution in [0.15, 0.2) is 36.2 Å². The molecule has 0 atom stereocenters. The van der Waals surface area contributed by atoms with Gasteiger partial charge in [-0.3, -0.25) is 4.79 Å². The minimum Gasteiger partial charge on any atom is -0.466 e. The van der Waals surface area contributed by atoms with E-state index in [0.29, 0.717) is 11.3 Å². The molecule has 24 heavy (non-hydrogen) atoms. The summed E-state index contributed by atoms with van der Waals surface area (Å²) in [5.74, 6) is -1.78. The van der Waals surface area contributed by atoms with Crippen molar-refractivity contribution < 1.29 is 36.2 Å². The number of alkyl halides is 5. The minimum absolute atomic E-state index is 0.0752. The van der Waals surface area contributed by atoms with E-state index in [1.165, 1.54) is 4.90 Å². The average Bonchev–Trinajstić information content (AvgIpc) is 3.01. The van der Waals surface area contributed by atoms with Gasteiger partial charge >= 0.3 is 12.8 Å². The number of ether oxygens (including phenoxy) is 2. The van der Waals surface area contributed by atoms with Gasteiger partial charge in [-0.2, -0.15) is 22.0 Å². The molecule has 1 heterocycles. The fraction of sp³-hybridized carbons (Fsp3) is 0.357. The lowest BCUT2D eigenvalue weighted by molar-refractivity contribution is -0.151. The number of carbonyl (C=O) groups is 1. The summed E-state index contributed by atoms with van der Waals surface area (Å²) in [5.41, 5.74) is 1.12. The molecule has 0 unspecified atom stereocenters. The van der Waals surface area contributed by atoms with E-state index < -0.39 is 31.1 Å². The van der Waals surface area contributed by atoms with Crippen LogP contribution in [0.1, 0.15) is 5.56 Å². The van der Waals surface area contributed by atoms with Gasteiger partial charge in [-0.1, -0.05) is 12.1 Å². The third-order valence-electron chi connectivity index (χ3n) is 3.01. The van der Waals surface area contributed by atoms with E-state index in [2.05, 4.69) is 14.8 Å². The monoisotopic (exact) mass is 352 g/mol. The van der Waals surface area contributed by atoms with E-state index >= 15 is 0 Å². The van der Waals surface area contributed by atoms with E-state index in [9.17, 15) is 26.7 Å². The van der Waals surface area contributed by atoms with Crippen LogP contribution >= 0.6 is 0 Å². The van der Waals surface area contributed by atoms with Gasteiger partial charge in [0.15, 0.2) is 6.73 Å². The Kier molecular flexibility index (Phi) is 5.60. The Morgan fingerprint density at radius 2 is 1.96 bits per heavy atom. The van der Waals surface area contributed by atoms with Crippen LogP contribution in [0.5, 0.6) is 0 Å². The molecule has 10 heteroatoms. The number of hydrogen-bond acceptors (Lipinski definition) is 4. The zero-order valence-corrected chi connectivity index (χ0v) is 12.1. The number of hydrogen-bond donors (Lipinski definition) is 1. The van der Waals surface area contributed by atoms with Gasteiger partial charge in [-0.15, -0.1) is 0 Å². The molecule has 0 radical (unpaired) electrons. The molecule has 0 aliphatic carbocycles. The Morgan fingerprint density at radius 3 is 2.50 bits per heavy atom. The molecule has 1 aromatic carbocycles. The van der Waals surface area contributed by atoms with Crippen molar-refractivity contribution in [3.8, 4) is 0 Å². The number of carbonyl (C=O) groups excluding carboxylic acids is 1. The topological polar surface area (TPSA) is 50.8 Å². The molecule has 1 amide bonds. The van der Waals surface area contributed by atoms with Gasteiger partial charge in [0.05, 0.1) is 6.20 Å². The van der Waals surface area contributed by atoms with Gasteiger partial charge < -0.3 is 19.7 Å². The Morgan fingerprint density at radius 1 is 1.29 bits per heavy atom. The highest BCUT2D eigenvalue weighted by Gasteiger charge is 2.39. The summed E-state index contributed by atoms with van der Waals surface area (Å²) in [6, 6.07) is 6.28. The maximum Gasteiger partial charge on any atom is 0.450 e. The lowest BCUT2D eigenvalue weighted by atomic mass is 10.2. The molecule has 0 saturated carbocycles. The van der Waals surface area contributed by atoms with Crippen molar-refractivity contribution >= 4 is 11.6 Å². The standard InChI is InChI=1S/C14H13F5N2O3/c15-13(16)23-7-12(22)20-5-9-1-3-10(4-2-9)21-6-11(24-8-21)14(17,18)19/h1-4,6,13H,5,7-8H2,(H,20,22). The van der Waals surface area contributed by atoms with Crippen molar-refractivity contribution in [3.05, 3.63) is 41.8 Å². The summed E-state index contributed by atoms with van der Waals surface area (Å²) in [4.78, 5) is 12.5. The van der Waals surface area contributed by atoms with Gasteiger partial charge in [-0.25, -0.2) is 0 Å². The third-order valence-corrected chi connectivity index (χ3v) is 3.01. The predicted octanol–water partition coefficient (Wildman–Crippen LogP) is 2.74. The summed E-state index contributed by atoms with van der Waals surface area (Å²) in [6.45, 7) is -3.96. The first-order valence-corrected chi connectivity index (χ1v) is 6.69. The van der Waals surface area contributed by atoms with Crippen LogP contribution < -0.4 is 10.2 Å². The molecule has 1 N–H and O–H groups in total. The van der Waals surface area contributed by atoms with Crippen LogP contribution in [0.25, 0.3) is 0 Å². The number of halogens is 5. The zero-order chi connectivity index (χ0) is 17.7. The Balaban J connectivity index is 1.88. The summed E-state index contributed by atoms with van der Waals surface area (Å²) >= 11 is 0. The van der Waals surface area contributed by atoms with Crippen LogP contribution in [-0.2, 0) is 20.8 Å².